The van der Waals surface area contributed by atoms with Gasteiger partial charge in [0.15, 0.2) is 0 Å². The number of hydrogen-bond donors (Lipinski definition) is 2. The molecule has 4 nitrogen and oxygen atoms in total. The lowest BCUT2D eigenvalue weighted by atomic mass is 9.70. The van der Waals surface area contributed by atoms with Gasteiger partial charge in [0.05, 0.1) is 6.61 Å². The van der Waals surface area contributed by atoms with E-state index in [-0.39, 0.29) is 12.0 Å². The summed E-state index contributed by atoms with van der Waals surface area (Å²) in [6.07, 6.45) is 0. The van der Waals surface area contributed by atoms with Crippen molar-refractivity contribution < 1.29 is 14.6 Å². The molecule has 0 amide bonds. The van der Waals surface area contributed by atoms with E-state index in [0.29, 0.717) is 0 Å². The van der Waals surface area contributed by atoms with Crippen LogP contribution in [-0.2, 0) is 15.1 Å². The topological polar surface area (TPSA) is 72.5 Å². The molecule has 0 aliphatic heterocycles. The van der Waals surface area contributed by atoms with Crippen molar-refractivity contribution in [3.63, 3.8) is 0 Å². The van der Waals surface area contributed by atoms with Crippen molar-refractivity contribution >= 4 is 5.97 Å². The summed E-state index contributed by atoms with van der Waals surface area (Å²) in [4.78, 5) is 11.1. The van der Waals surface area contributed by atoms with Crippen LogP contribution in [0.15, 0.2) is 48.5 Å². The Kier molecular flexibility index (Phi) is 3.98. The molecular formula is C20H23NO3. The van der Waals surface area contributed by atoms with Crippen LogP contribution >= 0.6 is 0 Å². The average molecular weight is 325 g/mol. The number of fused-ring (bicyclic) bond motifs is 3. The van der Waals surface area contributed by atoms with Gasteiger partial charge in [0, 0.05) is 0 Å². The van der Waals surface area contributed by atoms with E-state index >= 15 is 0 Å². The first kappa shape index (κ1) is 16.7. The minimum Gasteiger partial charge on any atom is -0.480 e. The van der Waals surface area contributed by atoms with Gasteiger partial charge in [0.25, 0.3) is 0 Å². The molecule has 24 heavy (non-hydrogen) atoms. The molecule has 1 aliphatic rings. The molecule has 126 valence electrons. The first-order chi connectivity index (χ1) is 11.3. The van der Waals surface area contributed by atoms with E-state index in [1.54, 1.807) is 0 Å². The highest BCUT2D eigenvalue weighted by atomic mass is 16.5. The molecule has 0 heterocycles. The number of carbonyl (C=O) groups is 1. The third-order valence-electron chi connectivity index (χ3n) is 4.76. The standard InChI is InChI=1S/C20H23NO3/c1-19(2,3)20(24-12-17(21)18(22)23)15-10-6-4-8-13(15)14-9-5-7-11-16(14)20/h4-11,17H,12,21H2,1-3H3,(H,22,23)/t17-/m0/s1. The largest absolute Gasteiger partial charge is 0.480 e. The van der Waals surface area contributed by atoms with E-state index in [2.05, 4.69) is 45.0 Å². The predicted molar refractivity (Wildman–Crippen MR) is 93.7 cm³/mol. The van der Waals surface area contributed by atoms with Crippen LogP contribution in [0.25, 0.3) is 11.1 Å². The molecule has 0 radical (unpaired) electrons. The maximum absolute atomic E-state index is 11.1. The van der Waals surface area contributed by atoms with Gasteiger partial charge in [0.2, 0.25) is 0 Å². The first-order valence-electron chi connectivity index (χ1n) is 8.11. The van der Waals surface area contributed by atoms with E-state index in [1.807, 2.05) is 24.3 Å². The third kappa shape index (κ3) is 2.34. The van der Waals surface area contributed by atoms with Crippen molar-refractivity contribution in [3.05, 3.63) is 59.7 Å². The van der Waals surface area contributed by atoms with Crippen LogP contribution in [-0.4, -0.2) is 23.7 Å². The maximum atomic E-state index is 11.1. The molecule has 0 saturated heterocycles. The van der Waals surface area contributed by atoms with Gasteiger partial charge in [0.1, 0.15) is 11.6 Å². The Bertz CT molecular complexity index is 731. The van der Waals surface area contributed by atoms with Crippen LogP contribution in [0.2, 0.25) is 0 Å². The quantitative estimate of drug-likeness (QED) is 0.904. The van der Waals surface area contributed by atoms with Crippen molar-refractivity contribution in [2.75, 3.05) is 6.61 Å². The molecule has 2 aromatic carbocycles. The fourth-order valence-electron chi connectivity index (χ4n) is 3.66. The van der Waals surface area contributed by atoms with Crippen LogP contribution < -0.4 is 5.73 Å². The molecule has 3 N–H and O–H groups in total. The zero-order valence-electron chi connectivity index (χ0n) is 14.2. The Morgan fingerprint density at radius 3 is 1.96 bits per heavy atom. The second-order valence-corrected chi connectivity index (χ2v) is 7.28. The van der Waals surface area contributed by atoms with Gasteiger partial charge in [-0.15, -0.1) is 0 Å². The molecule has 4 heteroatoms. The van der Waals surface area contributed by atoms with Crippen LogP contribution in [0.3, 0.4) is 0 Å². The van der Waals surface area contributed by atoms with Gasteiger partial charge in [-0.3, -0.25) is 4.79 Å². The first-order valence-corrected chi connectivity index (χ1v) is 8.11. The van der Waals surface area contributed by atoms with Crippen molar-refractivity contribution in [1.29, 1.82) is 0 Å². The van der Waals surface area contributed by atoms with Gasteiger partial charge in [-0.1, -0.05) is 69.3 Å². The summed E-state index contributed by atoms with van der Waals surface area (Å²) in [7, 11) is 0. The van der Waals surface area contributed by atoms with Crippen LogP contribution in [0.5, 0.6) is 0 Å². The minimum atomic E-state index is -1.06. The van der Waals surface area contributed by atoms with Crippen LogP contribution in [0.1, 0.15) is 31.9 Å². The molecule has 0 unspecified atom stereocenters. The molecule has 1 aliphatic carbocycles. The molecular weight excluding hydrogens is 302 g/mol. The summed E-state index contributed by atoms with van der Waals surface area (Å²) in [5.41, 5.74) is 9.09. The Balaban J connectivity index is 2.20. The van der Waals surface area contributed by atoms with Gasteiger partial charge in [-0.2, -0.15) is 0 Å². The lowest BCUT2D eigenvalue weighted by Crippen LogP contribution is -2.46. The zero-order chi connectivity index (χ0) is 17.5. The highest BCUT2D eigenvalue weighted by Crippen LogP contribution is 2.57. The van der Waals surface area contributed by atoms with E-state index < -0.39 is 17.6 Å². The third-order valence-corrected chi connectivity index (χ3v) is 4.76. The van der Waals surface area contributed by atoms with Gasteiger partial charge >= 0.3 is 5.97 Å². The van der Waals surface area contributed by atoms with E-state index in [1.165, 1.54) is 0 Å². The number of aliphatic carboxylic acids is 1. The molecule has 0 saturated carbocycles. The smallest absolute Gasteiger partial charge is 0.322 e. The Morgan fingerprint density at radius 1 is 1.08 bits per heavy atom. The molecule has 0 spiro atoms. The van der Waals surface area contributed by atoms with Gasteiger partial charge in [-0.05, 0) is 27.7 Å². The second kappa shape index (κ2) is 5.72. The molecule has 0 fully saturated rings. The van der Waals surface area contributed by atoms with Crippen LogP contribution in [0.4, 0.5) is 0 Å². The molecule has 0 bridgehead atoms. The SMILES string of the molecule is CC(C)(C)C1(OC[C@H](N)C(=O)O)c2ccccc2-c2ccccc21. The molecule has 2 aromatic rings. The number of ether oxygens (including phenoxy) is 1. The molecule has 3 rings (SSSR count). The van der Waals surface area contributed by atoms with E-state index in [4.69, 9.17) is 15.6 Å². The molecule has 1 atom stereocenters. The lowest BCUT2D eigenvalue weighted by Gasteiger charge is -2.43. The highest BCUT2D eigenvalue weighted by Gasteiger charge is 2.52. The summed E-state index contributed by atoms with van der Waals surface area (Å²) in [6.45, 7) is 6.28. The monoisotopic (exact) mass is 325 g/mol. The number of benzene rings is 2. The summed E-state index contributed by atoms with van der Waals surface area (Å²) >= 11 is 0. The second-order valence-electron chi connectivity index (χ2n) is 7.28. The normalized spacial score (nSPS) is 16.3. The summed E-state index contributed by atoms with van der Waals surface area (Å²) in [5.74, 6) is -1.06. The van der Waals surface area contributed by atoms with Gasteiger partial charge < -0.3 is 15.6 Å². The lowest BCUT2D eigenvalue weighted by molar-refractivity contribution is -0.145. The fraction of sp³-hybridized carbons (Fsp3) is 0.350. The summed E-state index contributed by atoms with van der Waals surface area (Å²) in [5, 5.41) is 9.13. The number of rotatable bonds is 4. The van der Waals surface area contributed by atoms with E-state index in [0.717, 1.165) is 22.3 Å². The average Bonchev–Trinajstić information content (AvgIpc) is 2.84. The Morgan fingerprint density at radius 2 is 1.54 bits per heavy atom. The predicted octanol–water partition coefficient (Wildman–Crippen LogP) is 3.39. The fourth-order valence-corrected chi connectivity index (χ4v) is 3.66. The summed E-state index contributed by atoms with van der Waals surface area (Å²) < 4.78 is 6.33. The number of hydrogen-bond acceptors (Lipinski definition) is 3. The maximum Gasteiger partial charge on any atom is 0.322 e. The molecule has 0 aromatic heterocycles. The van der Waals surface area contributed by atoms with Crippen molar-refractivity contribution in [2.24, 2.45) is 11.1 Å². The van der Waals surface area contributed by atoms with E-state index in [9.17, 15) is 4.79 Å². The van der Waals surface area contributed by atoms with Crippen molar-refractivity contribution in [1.82, 2.24) is 0 Å². The minimum absolute atomic E-state index is 0.0464. The van der Waals surface area contributed by atoms with Crippen molar-refractivity contribution in [2.45, 2.75) is 32.4 Å². The number of carboxylic acids is 1. The van der Waals surface area contributed by atoms with Crippen molar-refractivity contribution in [3.8, 4) is 11.1 Å². The number of nitrogens with two attached hydrogens (primary N) is 1. The highest BCUT2D eigenvalue weighted by molar-refractivity contribution is 5.80. The Hall–Kier alpha value is -2.17. The summed E-state index contributed by atoms with van der Waals surface area (Å²) in [6, 6.07) is 15.2. The van der Waals surface area contributed by atoms with Crippen LogP contribution in [0, 0.1) is 5.41 Å². The zero-order valence-corrected chi connectivity index (χ0v) is 14.2. The van der Waals surface area contributed by atoms with Gasteiger partial charge in [-0.25, -0.2) is 0 Å². The number of carboxylic acid groups (broad SMARTS) is 1. The Labute approximate surface area is 142 Å².